The Morgan fingerprint density at radius 2 is 1.44 bits per heavy atom. The van der Waals surface area contributed by atoms with E-state index in [2.05, 4.69) is 0 Å². The first-order valence-corrected chi connectivity index (χ1v) is 6.88. The van der Waals surface area contributed by atoms with Crippen molar-refractivity contribution in [3.05, 3.63) is 0 Å². The van der Waals surface area contributed by atoms with Gasteiger partial charge in [-0.15, -0.1) is 0 Å². The molecule has 16 heavy (non-hydrogen) atoms. The first-order valence-electron chi connectivity index (χ1n) is 5.25. The van der Waals surface area contributed by atoms with E-state index in [0.717, 1.165) is 6.61 Å². The van der Waals surface area contributed by atoms with Crippen LogP contribution in [0.1, 0.15) is 6.92 Å². The van der Waals surface area contributed by atoms with Gasteiger partial charge in [0.15, 0.2) is 0 Å². The quantitative estimate of drug-likeness (QED) is 0.443. The van der Waals surface area contributed by atoms with Crippen LogP contribution in [0.4, 0.5) is 0 Å². The SMILES string of the molecule is CCOCCOCCOCCOC(=S)SC. The maximum atomic E-state index is 5.28. The summed E-state index contributed by atoms with van der Waals surface area (Å²) in [5.41, 5.74) is 0. The Morgan fingerprint density at radius 3 is 1.94 bits per heavy atom. The minimum Gasteiger partial charge on any atom is -0.476 e. The van der Waals surface area contributed by atoms with Crippen molar-refractivity contribution >= 4 is 28.4 Å². The smallest absolute Gasteiger partial charge is 0.219 e. The van der Waals surface area contributed by atoms with Gasteiger partial charge < -0.3 is 18.9 Å². The van der Waals surface area contributed by atoms with E-state index in [1.807, 2.05) is 13.2 Å². The average molecular weight is 268 g/mol. The minimum absolute atomic E-state index is 0.499. The Kier molecular flexibility index (Phi) is 13.3. The van der Waals surface area contributed by atoms with E-state index in [1.54, 1.807) is 0 Å². The van der Waals surface area contributed by atoms with Crippen LogP contribution in [0.15, 0.2) is 0 Å². The normalized spacial score (nSPS) is 10.4. The summed E-state index contributed by atoms with van der Waals surface area (Å²) in [6, 6.07) is 0. The molecule has 0 aliphatic rings. The molecule has 0 fully saturated rings. The van der Waals surface area contributed by atoms with Gasteiger partial charge in [-0.05, 0) is 25.4 Å². The topological polar surface area (TPSA) is 36.9 Å². The molecule has 6 heteroatoms. The summed E-state index contributed by atoms with van der Waals surface area (Å²) in [5, 5.41) is 0. The Labute approximate surface area is 107 Å². The molecule has 0 atom stereocenters. The molecule has 0 aromatic carbocycles. The highest BCUT2D eigenvalue weighted by Crippen LogP contribution is 1.98. The number of ether oxygens (including phenoxy) is 4. The number of hydrogen-bond donors (Lipinski definition) is 0. The van der Waals surface area contributed by atoms with Gasteiger partial charge in [0.2, 0.25) is 4.38 Å². The molecule has 0 rings (SSSR count). The predicted octanol–water partition coefficient (Wildman–Crippen LogP) is 1.72. The van der Waals surface area contributed by atoms with Crippen molar-refractivity contribution in [2.75, 3.05) is 52.5 Å². The molecule has 0 aromatic heterocycles. The van der Waals surface area contributed by atoms with Gasteiger partial charge in [0.1, 0.15) is 6.61 Å². The van der Waals surface area contributed by atoms with Crippen molar-refractivity contribution in [1.29, 1.82) is 0 Å². The van der Waals surface area contributed by atoms with Crippen molar-refractivity contribution in [1.82, 2.24) is 0 Å². The van der Waals surface area contributed by atoms with Gasteiger partial charge in [0.25, 0.3) is 0 Å². The lowest BCUT2D eigenvalue weighted by Crippen LogP contribution is -2.12. The van der Waals surface area contributed by atoms with Crippen molar-refractivity contribution in [2.45, 2.75) is 6.92 Å². The lowest BCUT2D eigenvalue weighted by Gasteiger charge is -2.07. The molecule has 0 spiro atoms. The zero-order valence-corrected chi connectivity index (χ0v) is 11.5. The van der Waals surface area contributed by atoms with Crippen LogP contribution in [0.3, 0.4) is 0 Å². The highest BCUT2D eigenvalue weighted by molar-refractivity contribution is 8.22. The second-order valence-corrected chi connectivity index (χ2v) is 4.13. The van der Waals surface area contributed by atoms with Crippen molar-refractivity contribution in [3.8, 4) is 0 Å². The molecule has 0 heterocycles. The molecular weight excluding hydrogens is 248 g/mol. The van der Waals surface area contributed by atoms with Crippen LogP contribution in [-0.2, 0) is 18.9 Å². The summed E-state index contributed by atoms with van der Waals surface area (Å²) in [4.78, 5) is 0. The zero-order chi connectivity index (χ0) is 12.1. The van der Waals surface area contributed by atoms with Gasteiger partial charge in [0, 0.05) is 6.61 Å². The fourth-order valence-electron chi connectivity index (χ4n) is 0.827. The summed E-state index contributed by atoms with van der Waals surface area (Å²) in [5.74, 6) is 0. The van der Waals surface area contributed by atoms with Crippen molar-refractivity contribution in [3.63, 3.8) is 0 Å². The summed E-state index contributed by atoms with van der Waals surface area (Å²) >= 11 is 6.28. The van der Waals surface area contributed by atoms with Gasteiger partial charge in [-0.2, -0.15) is 0 Å². The van der Waals surface area contributed by atoms with E-state index in [0.29, 0.717) is 44.0 Å². The lowest BCUT2D eigenvalue weighted by molar-refractivity contribution is 0.0111. The fraction of sp³-hybridized carbons (Fsp3) is 0.900. The van der Waals surface area contributed by atoms with E-state index in [4.69, 9.17) is 31.2 Å². The summed E-state index contributed by atoms with van der Waals surface area (Å²) in [6.45, 7) is 6.14. The Morgan fingerprint density at radius 1 is 0.938 bits per heavy atom. The maximum absolute atomic E-state index is 5.28. The maximum Gasteiger partial charge on any atom is 0.219 e. The van der Waals surface area contributed by atoms with Crippen LogP contribution >= 0.6 is 24.0 Å². The number of thiocarbonyl (C=S) groups is 1. The summed E-state index contributed by atoms with van der Waals surface area (Å²) < 4.78 is 21.4. The largest absolute Gasteiger partial charge is 0.476 e. The first-order chi connectivity index (χ1) is 7.81. The molecular formula is C10H20O4S2. The number of hydrogen-bond acceptors (Lipinski definition) is 6. The predicted molar refractivity (Wildman–Crippen MR) is 70.2 cm³/mol. The van der Waals surface area contributed by atoms with Gasteiger partial charge in [-0.25, -0.2) is 0 Å². The third-order valence-electron chi connectivity index (χ3n) is 1.56. The molecule has 0 saturated carbocycles. The van der Waals surface area contributed by atoms with Crippen molar-refractivity contribution < 1.29 is 18.9 Å². The first kappa shape index (κ1) is 16.1. The molecule has 4 nitrogen and oxygen atoms in total. The second-order valence-electron chi connectivity index (χ2n) is 2.72. The highest BCUT2D eigenvalue weighted by Gasteiger charge is 1.94. The number of rotatable bonds is 10. The number of thioether (sulfide) groups is 1. The van der Waals surface area contributed by atoms with E-state index in [-0.39, 0.29) is 0 Å². The molecule has 0 saturated heterocycles. The van der Waals surface area contributed by atoms with Crippen LogP contribution < -0.4 is 0 Å². The van der Waals surface area contributed by atoms with Gasteiger partial charge in [0.05, 0.1) is 33.0 Å². The van der Waals surface area contributed by atoms with Gasteiger partial charge in [-0.3, -0.25) is 0 Å². The zero-order valence-electron chi connectivity index (χ0n) is 9.90. The Bertz CT molecular complexity index is 167. The Balaban J connectivity index is 2.96. The van der Waals surface area contributed by atoms with E-state index >= 15 is 0 Å². The lowest BCUT2D eigenvalue weighted by atomic mass is 10.7. The third-order valence-corrected chi connectivity index (χ3v) is 2.63. The second kappa shape index (κ2) is 13.2. The third kappa shape index (κ3) is 12.2. The highest BCUT2D eigenvalue weighted by atomic mass is 32.2. The molecule has 0 N–H and O–H groups in total. The molecule has 0 radical (unpaired) electrons. The van der Waals surface area contributed by atoms with Crippen LogP contribution in [0, 0.1) is 0 Å². The molecule has 0 amide bonds. The van der Waals surface area contributed by atoms with Crippen LogP contribution in [0.25, 0.3) is 0 Å². The monoisotopic (exact) mass is 268 g/mol. The van der Waals surface area contributed by atoms with Crippen molar-refractivity contribution in [2.24, 2.45) is 0 Å². The molecule has 0 aliphatic heterocycles. The van der Waals surface area contributed by atoms with Crippen LogP contribution in [0.5, 0.6) is 0 Å². The average Bonchev–Trinajstić information content (AvgIpc) is 2.31. The van der Waals surface area contributed by atoms with Crippen LogP contribution in [0.2, 0.25) is 0 Å². The van der Waals surface area contributed by atoms with E-state index in [1.165, 1.54) is 11.8 Å². The van der Waals surface area contributed by atoms with E-state index in [9.17, 15) is 0 Å². The van der Waals surface area contributed by atoms with E-state index < -0.39 is 0 Å². The molecule has 0 aromatic rings. The molecule has 0 unspecified atom stereocenters. The summed E-state index contributed by atoms with van der Waals surface area (Å²) in [7, 11) is 0. The fourth-order valence-corrected chi connectivity index (χ4v) is 1.11. The van der Waals surface area contributed by atoms with Gasteiger partial charge in [-0.1, -0.05) is 11.8 Å². The standard InChI is InChI=1S/C10H20O4S2/c1-3-11-4-5-12-6-7-13-8-9-14-10(15)16-2/h3-9H2,1-2H3. The van der Waals surface area contributed by atoms with Gasteiger partial charge >= 0.3 is 0 Å². The molecule has 96 valence electrons. The summed E-state index contributed by atoms with van der Waals surface area (Å²) in [6.07, 6.45) is 1.88. The molecule has 0 aliphatic carbocycles. The molecule has 0 bridgehead atoms. The Hall–Kier alpha value is 0.120. The van der Waals surface area contributed by atoms with Crippen LogP contribution in [-0.4, -0.2) is 56.9 Å². The minimum atomic E-state index is 0.499.